The molecule has 2 heterocycles. The first kappa shape index (κ1) is 19.1. The van der Waals surface area contributed by atoms with Gasteiger partial charge in [-0.2, -0.15) is 11.3 Å². The van der Waals surface area contributed by atoms with Crippen molar-refractivity contribution in [1.29, 1.82) is 0 Å². The number of thiophene rings is 1. The molecule has 1 aromatic heterocycles. The maximum absolute atomic E-state index is 12.6. The van der Waals surface area contributed by atoms with E-state index in [1.54, 1.807) is 11.3 Å². The van der Waals surface area contributed by atoms with Crippen molar-refractivity contribution in [2.75, 3.05) is 39.8 Å². The van der Waals surface area contributed by atoms with Crippen molar-refractivity contribution in [2.45, 2.75) is 25.8 Å². The zero-order valence-electron chi connectivity index (χ0n) is 15.8. The largest absolute Gasteiger partial charge is 0.350 e. The number of hydrogen-bond donors (Lipinski definition) is 1. The van der Waals surface area contributed by atoms with Gasteiger partial charge in [0.05, 0.1) is 6.04 Å². The Morgan fingerprint density at radius 3 is 2.50 bits per heavy atom. The summed E-state index contributed by atoms with van der Waals surface area (Å²) in [5.41, 5.74) is 3.34. The summed E-state index contributed by atoms with van der Waals surface area (Å²) in [4.78, 5) is 17.4. The van der Waals surface area contributed by atoms with Crippen LogP contribution >= 0.6 is 11.3 Å². The van der Waals surface area contributed by atoms with Crippen molar-refractivity contribution in [3.63, 3.8) is 0 Å². The Kier molecular flexibility index (Phi) is 6.83. The number of amides is 1. The third-order valence-electron chi connectivity index (χ3n) is 5.12. The highest BCUT2D eigenvalue weighted by Gasteiger charge is 2.24. The topological polar surface area (TPSA) is 35.6 Å². The molecule has 4 nitrogen and oxygen atoms in total. The molecule has 1 aliphatic rings. The van der Waals surface area contributed by atoms with Crippen LogP contribution in [0.3, 0.4) is 0 Å². The Balaban J connectivity index is 1.62. The number of nitrogens with zero attached hydrogens (tertiary/aromatic N) is 2. The van der Waals surface area contributed by atoms with Gasteiger partial charge in [-0.05, 0) is 53.6 Å². The standard InChI is InChI=1S/C21H29N3OS/c1-3-4-17-5-7-18(8-6-17)21(25)22-15-20(19-9-14-26-16-19)24-12-10-23(2)11-13-24/h5-9,14,16,20H,3-4,10-13,15H2,1-2H3,(H,22,25)/t20-/m1/s1. The maximum atomic E-state index is 12.6. The fourth-order valence-electron chi connectivity index (χ4n) is 3.46. The predicted molar refractivity (Wildman–Crippen MR) is 109 cm³/mol. The van der Waals surface area contributed by atoms with Gasteiger partial charge in [0.15, 0.2) is 0 Å². The van der Waals surface area contributed by atoms with Crippen molar-refractivity contribution < 1.29 is 4.79 Å². The summed E-state index contributed by atoms with van der Waals surface area (Å²) in [6, 6.07) is 10.4. The van der Waals surface area contributed by atoms with Crippen LogP contribution in [0.2, 0.25) is 0 Å². The van der Waals surface area contributed by atoms with Gasteiger partial charge in [0.25, 0.3) is 5.91 Å². The van der Waals surface area contributed by atoms with E-state index in [2.05, 4.69) is 58.0 Å². The molecule has 0 spiro atoms. The fourth-order valence-corrected chi connectivity index (χ4v) is 4.17. The van der Waals surface area contributed by atoms with Gasteiger partial charge in [0, 0.05) is 38.3 Å². The summed E-state index contributed by atoms with van der Waals surface area (Å²) in [5.74, 6) is 0.0161. The highest BCUT2D eigenvalue weighted by molar-refractivity contribution is 7.07. The highest BCUT2D eigenvalue weighted by atomic mass is 32.1. The lowest BCUT2D eigenvalue weighted by Gasteiger charge is -2.38. The number of nitrogens with one attached hydrogen (secondary N) is 1. The molecule has 26 heavy (non-hydrogen) atoms. The number of likely N-dealkylation sites (N-methyl/N-ethyl adjacent to an activating group) is 1. The Bertz CT molecular complexity index is 676. The predicted octanol–water partition coefficient (Wildman–Crippen LogP) is 3.42. The second-order valence-electron chi connectivity index (χ2n) is 7.07. The smallest absolute Gasteiger partial charge is 0.251 e. The lowest BCUT2D eigenvalue weighted by Crippen LogP contribution is -2.48. The number of benzene rings is 1. The number of aryl methyl sites for hydroxylation is 1. The van der Waals surface area contributed by atoms with Crippen LogP contribution in [0.1, 0.15) is 40.9 Å². The Hall–Kier alpha value is -1.69. The number of hydrogen-bond acceptors (Lipinski definition) is 4. The van der Waals surface area contributed by atoms with E-state index in [9.17, 15) is 4.79 Å². The van der Waals surface area contributed by atoms with Gasteiger partial charge in [-0.1, -0.05) is 25.5 Å². The molecule has 0 radical (unpaired) electrons. The first-order valence-corrected chi connectivity index (χ1v) is 10.4. The summed E-state index contributed by atoms with van der Waals surface area (Å²) in [7, 11) is 2.17. The van der Waals surface area contributed by atoms with Gasteiger partial charge < -0.3 is 10.2 Å². The van der Waals surface area contributed by atoms with E-state index in [-0.39, 0.29) is 11.9 Å². The average Bonchev–Trinajstić information content (AvgIpc) is 3.18. The first-order chi connectivity index (χ1) is 12.7. The van der Waals surface area contributed by atoms with Crippen LogP contribution in [0, 0.1) is 0 Å². The van der Waals surface area contributed by atoms with E-state index < -0.39 is 0 Å². The van der Waals surface area contributed by atoms with Crippen LogP contribution in [0.25, 0.3) is 0 Å². The molecule has 0 saturated carbocycles. The molecule has 2 aromatic rings. The van der Waals surface area contributed by atoms with Crippen LogP contribution < -0.4 is 5.32 Å². The molecular weight excluding hydrogens is 342 g/mol. The normalized spacial score (nSPS) is 17.2. The fraction of sp³-hybridized carbons (Fsp3) is 0.476. The monoisotopic (exact) mass is 371 g/mol. The molecule has 0 unspecified atom stereocenters. The molecule has 1 atom stereocenters. The molecule has 0 bridgehead atoms. The Labute approximate surface area is 160 Å². The maximum Gasteiger partial charge on any atom is 0.251 e. The molecule has 3 rings (SSSR count). The summed E-state index contributed by atoms with van der Waals surface area (Å²) in [5, 5.41) is 7.48. The van der Waals surface area contributed by atoms with E-state index in [1.165, 1.54) is 11.1 Å². The van der Waals surface area contributed by atoms with Crippen molar-refractivity contribution in [1.82, 2.24) is 15.1 Å². The number of rotatable bonds is 7. The Morgan fingerprint density at radius 1 is 1.15 bits per heavy atom. The quantitative estimate of drug-likeness (QED) is 0.810. The van der Waals surface area contributed by atoms with Gasteiger partial charge >= 0.3 is 0 Å². The highest BCUT2D eigenvalue weighted by Crippen LogP contribution is 2.23. The van der Waals surface area contributed by atoms with Crippen molar-refractivity contribution in [2.24, 2.45) is 0 Å². The van der Waals surface area contributed by atoms with Crippen molar-refractivity contribution >= 4 is 17.2 Å². The summed E-state index contributed by atoms with van der Waals surface area (Å²) < 4.78 is 0. The molecule has 0 aliphatic carbocycles. The lowest BCUT2D eigenvalue weighted by molar-refractivity contribution is 0.0886. The van der Waals surface area contributed by atoms with Gasteiger partial charge in [0.1, 0.15) is 0 Å². The molecule has 5 heteroatoms. The zero-order chi connectivity index (χ0) is 18.4. The number of carbonyl (C=O) groups excluding carboxylic acids is 1. The molecule has 1 aromatic carbocycles. The third kappa shape index (κ3) is 4.93. The summed E-state index contributed by atoms with van der Waals surface area (Å²) >= 11 is 1.72. The molecule has 1 N–H and O–H groups in total. The van der Waals surface area contributed by atoms with Gasteiger partial charge in [-0.3, -0.25) is 9.69 Å². The van der Waals surface area contributed by atoms with E-state index in [0.29, 0.717) is 6.54 Å². The molecule has 1 aliphatic heterocycles. The second kappa shape index (κ2) is 9.31. The van der Waals surface area contributed by atoms with Gasteiger partial charge in [-0.15, -0.1) is 0 Å². The second-order valence-corrected chi connectivity index (χ2v) is 7.85. The number of piperazine rings is 1. The van der Waals surface area contributed by atoms with Crippen LogP contribution in [0.15, 0.2) is 41.1 Å². The first-order valence-electron chi connectivity index (χ1n) is 9.49. The minimum atomic E-state index is 0.0161. The van der Waals surface area contributed by atoms with E-state index in [4.69, 9.17) is 0 Å². The molecule has 1 fully saturated rings. The number of carbonyl (C=O) groups is 1. The van der Waals surface area contributed by atoms with E-state index >= 15 is 0 Å². The summed E-state index contributed by atoms with van der Waals surface area (Å²) in [6.07, 6.45) is 2.18. The summed E-state index contributed by atoms with van der Waals surface area (Å²) in [6.45, 7) is 7.05. The van der Waals surface area contributed by atoms with E-state index in [0.717, 1.165) is 44.6 Å². The zero-order valence-corrected chi connectivity index (χ0v) is 16.6. The Morgan fingerprint density at radius 2 is 1.88 bits per heavy atom. The molecule has 140 valence electrons. The van der Waals surface area contributed by atoms with Crippen molar-refractivity contribution in [3.8, 4) is 0 Å². The average molecular weight is 372 g/mol. The van der Waals surface area contributed by atoms with Crippen molar-refractivity contribution in [3.05, 3.63) is 57.8 Å². The molecule has 1 saturated heterocycles. The third-order valence-corrected chi connectivity index (χ3v) is 5.82. The SMILES string of the molecule is CCCc1ccc(C(=O)NC[C@H](c2ccsc2)N2CCN(C)CC2)cc1. The van der Waals surface area contributed by atoms with Crippen LogP contribution in [0.4, 0.5) is 0 Å². The van der Waals surface area contributed by atoms with E-state index in [1.807, 2.05) is 12.1 Å². The lowest BCUT2D eigenvalue weighted by atomic mass is 10.1. The minimum absolute atomic E-state index is 0.0161. The molecular formula is C21H29N3OS. The molecule has 1 amide bonds. The van der Waals surface area contributed by atoms with Gasteiger partial charge in [-0.25, -0.2) is 0 Å². The van der Waals surface area contributed by atoms with Crippen LogP contribution in [-0.4, -0.2) is 55.5 Å². The minimum Gasteiger partial charge on any atom is -0.350 e. The van der Waals surface area contributed by atoms with Crippen LogP contribution in [0.5, 0.6) is 0 Å². The van der Waals surface area contributed by atoms with Crippen LogP contribution in [-0.2, 0) is 6.42 Å². The van der Waals surface area contributed by atoms with Gasteiger partial charge in [0.2, 0.25) is 0 Å².